The molecule has 3 unspecified atom stereocenters. The summed E-state index contributed by atoms with van der Waals surface area (Å²) in [5, 5.41) is 0. The highest BCUT2D eigenvalue weighted by Gasteiger charge is 2.51. The van der Waals surface area contributed by atoms with Gasteiger partial charge >= 0.3 is 0 Å². The first-order valence-corrected chi connectivity index (χ1v) is 14.3. The lowest BCUT2D eigenvalue weighted by atomic mass is 9.63. The van der Waals surface area contributed by atoms with Gasteiger partial charge in [0.2, 0.25) is 0 Å². The Kier molecular flexibility index (Phi) is 5.06. The summed E-state index contributed by atoms with van der Waals surface area (Å²) in [7, 11) is 0. The first-order valence-electron chi connectivity index (χ1n) is 14.3. The maximum atomic E-state index is 4.48. The highest BCUT2D eigenvalue weighted by atomic mass is 14.6. The Labute approximate surface area is 212 Å². The van der Waals surface area contributed by atoms with Gasteiger partial charge in [0.15, 0.2) is 0 Å². The lowest BCUT2D eigenvalue weighted by molar-refractivity contribution is 0.0991. The zero-order chi connectivity index (χ0) is 23.8. The predicted molar refractivity (Wildman–Crippen MR) is 148 cm³/mol. The van der Waals surface area contributed by atoms with Crippen molar-refractivity contribution in [2.75, 3.05) is 0 Å². The summed E-state index contributed by atoms with van der Waals surface area (Å²) >= 11 is 0. The molecule has 2 bridgehead atoms. The van der Waals surface area contributed by atoms with Crippen LogP contribution in [0.5, 0.6) is 0 Å². The second kappa shape index (κ2) is 8.09. The summed E-state index contributed by atoms with van der Waals surface area (Å²) in [6, 6.07) is 12.0. The molecule has 0 aliphatic heterocycles. The fraction of sp³-hybridized carbons (Fsp3) is 0.486. The summed E-state index contributed by atoms with van der Waals surface area (Å²) in [5.41, 5.74) is 15.1. The number of rotatable bonds is 5. The van der Waals surface area contributed by atoms with Crippen molar-refractivity contribution in [2.45, 2.75) is 71.6 Å². The maximum Gasteiger partial charge on any atom is 0.00449 e. The van der Waals surface area contributed by atoms with Gasteiger partial charge in [0.1, 0.15) is 0 Å². The van der Waals surface area contributed by atoms with Gasteiger partial charge in [0.05, 0.1) is 0 Å². The van der Waals surface area contributed by atoms with Gasteiger partial charge in [-0.2, -0.15) is 0 Å². The minimum absolute atomic E-state index is 0.515. The highest BCUT2D eigenvalue weighted by molar-refractivity contribution is 5.80. The Hall–Kier alpha value is -2.34. The molecule has 0 spiro atoms. The molecule has 8 rings (SSSR count). The Morgan fingerprint density at radius 2 is 1.63 bits per heavy atom. The van der Waals surface area contributed by atoms with Gasteiger partial charge in [-0.25, -0.2) is 0 Å². The van der Waals surface area contributed by atoms with Gasteiger partial charge in [-0.1, -0.05) is 84.7 Å². The van der Waals surface area contributed by atoms with E-state index in [1.165, 1.54) is 83.9 Å². The number of hydrogen-bond donors (Lipinski definition) is 0. The Balaban J connectivity index is 1.19. The molecular weight excluding hydrogens is 420 g/mol. The van der Waals surface area contributed by atoms with Gasteiger partial charge in [-0.15, -0.1) is 0 Å². The standard InChI is InChI=1S/C35H40/c1-20-12-21(2)30(18-28-14-24-8-10-26(28)11-9-24)35(13-20)29-7-5-6-27-15-25(17-34(27)29)16-31-22(3)32-19-33(32)23(31)4/h5-7,12-13,15,24,26,28,31-33H,3-4,8-11,14,16-19H2,1-2H3. The molecule has 2 aromatic rings. The van der Waals surface area contributed by atoms with Crippen LogP contribution in [0.15, 0.2) is 60.2 Å². The van der Waals surface area contributed by atoms with Crippen LogP contribution in [-0.2, 0) is 12.8 Å². The maximum absolute atomic E-state index is 4.48. The lowest BCUT2D eigenvalue weighted by Crippen LogP contribution is -2.32. The first kappa shape index (κ1) is 21.9. The summed E-state index contributed by atoms with van der Waals surface area (Å²) in [5.74, 6) is 4.86. The third-order valence-corrected chi connectivity index (χ3v) is 10.6. The quantitative estimate of drug-likeness (QED) is 0.390. The van der Waals surface area contributed by atoms with Crippen LogP contribution in [0.2, 0.25) is 0 Å². The molecule has 0 heteroatoms. The molecule has 6 aliphatic rings. The third kappa shape index (κ3) is 3.62. The van der Waals surface area contributed by atoms with E-state index in [1.807, 2.05) is 0 Å². The number of fused-ring (bicyclic) bond motifs is 5. The van der Waals surface area contributed by atoms with E-state index in [9.17, 15) is 0 Å². The number of hydrogen-bond acceptors (Lipinski definition) is 0. The number of allylic oxidation sites excluding steroid dienone is 3. The molecule has 0 radical (unpaired) electrons. The fourth-order valence-corrected chi connectivity index (χ4v) is 8.65. The topological polar surface area (TPSA) is 0 Å². The van der Waals surface area contributed by atoms with Crippen LogP contribution in [0.4, 0.5) is 0 Å². The van der Waals surface area contributed by atoms with Crippen LogP contribution in [0.25, 0.3) is 17.2 Å². The lowest BCUT2D eigenvalue weighted by Gasteiger charge is -2.43. The minimum Gasteiger partial charge on any atom is -0.0989 e. The molecular formula is C35H40. The van der Waals surface area contributed by atoms with Crippen molar-refractivity contribution in [3.8, 4) is 11.1 Å². The fourth-order valence-electron chi connectivity index (χ4n) is 8.65. The molecule has 0 aromatic heterocycles. The summed E-state index contributed by atoms with van der Waals surface area (Å²) in [6.07, 6.45) is 14.7. The van der Waals surface area contributed by atoms with Crippen LogP contribution < -0.4 is 0 Å². The van der Waals surface area contributed by atoms with Crippen LogP contribution >= 0.6 is 0 Å². The zero-order valence-electron chi connectivity index (χ0n) is 21.7. The van der Waals surface area contributed by atoms with Crippen molar-refractivity contribution in [1.29, 1.82) is 0 Å². The van der Waals surface area contributed by atoms with Gasteiger partial charge in [0, 0.05) is 5.92 Å². The van der Waals surface area contributed by atoms with E-state index in [4.69, 9.17) is 0 Å². The normalized spacial score (nSPS) is 32.6. The van der Waals surface area contributed by atoms with Gasteiger partial charge in [-0.05, 0) is 122 Å². The molecule has 0 amide bonds. The second-order valence-corrected chi connectivity index (χ2v) is 12.8. The van der Waals surface area contributed by atoms with E-state index in [0.29, 0.717) is 5.92 Å². The van der Waals surface area contributed by atoms with Crippen molar-refractivity contribution < 1.29 is 0 Å². The van der Waals surface area contributed by atoms with Gasteiger partial charge in [0.25, 0.3) is 0 Å². The van der Waals surface area contributed by atoms with Gasteiger partial charge < -0.3 is 0 Å². The molecule has 2 aromatic carbocycles. The smallest absolute Gasteiger partial charge is 0.00449 e. The Bertz CT molecular complexity index is 1240. The van der Waals surface area contributed by atoms with Crippen LogP contribution in [0.3, 0.4) is 0 Å². The first-order chi connectivity index (χ1) is 17.0. The summed E-state index contributed by atoms with van der Waals surface area (Å²) in [6.45, 7) is 13.6. The molecule has 0 nitrogen and oxygen atoms in total. The van der Waals surface area contributed by atoms with E-state index in [2.05, 4.69) is 63.4 Å². The Morgan fingerprint density at radius 3 is 2.34 bits per heavy atom. The third-order valence-electron chi connectivity index (χ3n) is 10.6. The van der Waals surface area contributed by atoms with E-state index in [0.717, 1.165) is 42.4 Å². The van der Waals surface area contributed by atoms with Crippen molar-refractivity contribution in [3.63, 3.8) is 0 Å². The largest absolute Gasteiger partial charge is 0.0989 e. The summed E-state index contributed by atoms with van der Waals surface area (Å²) in [4.78, 5) is 0. The van der Waals surface area contributed by atoms with E-state index < -0.39 is 0 Å². The second-order valence-electron chi connectivity index (χ2n) is 12.8. The van der Waals surface area contributed by atoms with E-state index in [-0.39, 0.29) is 0 Å². The zero-order valence-corrected chi connectivity index (χ0v) is 21.7. The highest BCUT2D eigenvalue weighted by Crippen LogP contribution is 2.61. The number of aryl methyl sites for hydroxylation is 2. The molecule has 3 atom stereocenters. The SMILES string of the molecule is C=C1C(CC2=Cc3cccc(-c4cc(C)cc(C)c4CC4CC5CCC4CC5)c3C2)C(=C)C2CC12. The van der Waals surface area contributed by atoms with Crippen molar-refractivity contribution in [2.24, 2.45) is 35.5 Å². The summed E-state index contributed by atoms with van der Waals surface area (Å²) < 4.78 is 0. The minimum atomic E-state index is 0.515. The van der Waals surface area contributed by atoms with Crippen LogP contribution in [0, 0.1) is 49.4 Å². The van der Waals surface area contributed by atoms with Crippen molar-refractivity contribution >= 4 is 6.08 Å². The van der Waals surface area contributed by atoms with Crippen molar-refractivity contribution in [3.05, 3.63) is 88.0 Å². The molecule has 5 saturated carbocycles. The molecule has 180 valence electrons. The van der Waals surface area contributed by atoms with Crippen molar-refractivity contribution in [1.82, 2.24) is 0 Å². The average Bonchev–Trinajstić information content (AvgIpc) is 3.49. The van der Waals surface area contributed by atoms with E-state index >= 15 is 0 Å². The van der Waals surface area contributed by atoms with Crippen LogP contribution in [0.1, 0.15) is 72.8 Å². The monoisotopic (exact) mass is 460 g/mol. The molecule has 0 N–H and O–H groups in total. The van der Waals surface area contributed by atoms with Crippen LogP contribution in [-0.4, -0.2) is 0 Å². The van der Waals surface area contributed by atoms with Gasteiger partial charge in [-0.3, -0.25) is 0 Å². The molecule has 6 aliphatic carbocycles. The molecule has 35 heavy (non-hydrogen) atoms. The molecule has 0 saturated heterocycles. The predicted octanol–water partition coefficient (Wildman–Crippen LogP) is 9.05. The Morgan fingerprint density at radius 1 is 0.857 bits per heavy atom. The molecule has 5 fully saturated rings. The molecule has 0 heterocycles. The van der Waals surface area contributed by atoms with E-state index in [1.54, 1.807) is 16.7 Å². The average molecular weight is 461 g/mol. The number of benzene rings is 2.